The van der Waals surface area contributed by atoms with Gasteiger partial charge < -0.3 is 14.2 Å². The molecule has 0 rings (SSSR count). The summed E-state index contributed by atoms with van der Waals surface area (Å²) in [6.45, 7) is 6.67. The van der Waals surface area contributed by atoms with Gasteiger partial charge in [0.05, 0.1) is 0 Å². The first-order valence-corrected chi connectivity index (χ1v) is 35.0. The summed E-state index contributed by atoms with van der Waals surface area (Å²) in [4.78, 5) is 38.4. The zero-order valence-electron chi connectivity index (χ0n) is 52.7. The second-order valence-electron chi connectivity index (χ2n) is 23.8. The van der Waals surface area contributed by atoms with Gasteiger partial charge in [-0.1, -0.05) is 327 Å². The molecule has 0 aromatic rings. The number of hydrogen-bond acceptors (Lipinski definition) is 6. The van der Waals surface area contributed by atoms with E-state index in [1.54, 1.807) is 0 Å². The zero-order valence-corrected chi connectivity index (χ0v) is 52.7. The van der Waals surface area contributed by atoms with E-state index in [0.29, 0.717) is 19.3 Å². The quantitative estimate of drug-likeness (QED) is 0.0261. The molecular formula is C72H134O6. The molecule has 0 aromatic heterocycles. The Morgan fingerprint density at radius 2 is 0.462 bits per heavy atom. The summed E-state index contributed by atoms with van der Waals surface area (Å²) in [6, 6.07) is 0. The highest BCUT2D eigenvalue weighted by Crippen LogP contribution is 2.18. The van der Waals surface area contributed by atoms with E-state index in [4.69, 9.17) is 14.2 Å². The van der Waals surface area contributed by atoms with Gasteiger partial charge in [0, 0.05) is 19.3 Å². The van der Waals surface area contributed by atoms with Crippen LogP contribution in [0.15, 0.2) is 36.5 Å². The fourth-order valence-electron chi connectivity index (χ4n) is 10.6. The molecule has 0 aromatic carbocycles. The lowest BCUT2D eigenvalue weighted by atomic mass is 10.0. The van der Waals surface area contributed by atoms with Crippen molar-refractivity contribution in [3.63, 3.8) is 0 Å². The number of carbonyl (C=O) groups is 3. The summed E-state index contributed by atoms with van der Waals surface area (Å²) >= 11 is 0. The highest BCUT2D eigenvalue weighted by atomic mass is 16.6. The molecule has 0 saturated heterocycles. The van der Waals surface area contributed by atoms with Gasteiger partial charge in [0.15, 0.2) is 6.10 Å². The predicted molar refractivity (Wildman–Crippen MR) is 339 cm³/mol. The van der Waals surface area contributed by atoms with Crippen LogP contribution in [-0.2, 0) is 28.6 Å². The Morgan fingerprint density at radius 3 is 0.731 bits per heavy atom. The minimum absolute atomic E-state index is 0.0762. The van der Waals surface area contributed by atoms with Gasteiger partial charge in [0.1, 0.15) is 13.2 Å². The lowest BCUT2D eigenvalue weighted by Gasteiger charge is -2.18. The molecule has 1 atom stereocenters. The van der Waals surface area contributed by atoms with Gasteiger partial charge in [-0.15, -0.1) is 0 Å². The third-order valence-corrected chi connectivity index (χ3v) is 15.9. The van der Waals surface area contributed by atoms with E-state index in [0.717, 1.165) is 89.9 Å². The summed E-state index contributed by atoms with van der Waals surface area (Å²) in [5.74, 6) is -0.873. The number of rotatable bonds is 65. The maximum Gasteiger partial charge on any atom is 0.306 e. The fourth-order valence-corrected chi connectivity index (χ4v) is 10.6. The standard InChI is InChI=1S/C72H134O6/c1-4-7-10-13-16-19-22-25-28-31-32-33-34-35-36-37-38-39-40-41-42-45-47-50-53-56-59-62-65-71(74)77-68-69(78-72(75)66-63-60-57-54-51-48-44-30-27-24-21-18-15-12-9-6-3)67-76-70(73)64-61-58-55-52-49-46-43-29-26-23-20-17-14-11-8-5-2/h21,24,29-30,43-44,69H,4-20,22-23,25-28,31-42,45-68H2,1-3H3/b24-21-,43-29-,44-30-. The van der Waals surface area contributed by atoms with Crippen LogP contribution < -0.4 is 0 Å². The molecule has 0 aliphatic heterocycles. The van der Waals surface area contributed by atoms with E-state index in [1.165, 1.54) is 257 Å². The monoisotopic (exact) mass is 1100 g/mol. The molecule has 78 heavy (non-hydrogen) atoms. The van der Waals surface area contributed by atoms with Crippen molar-refractivity contribution in [3.05, 3.63) is 36.5 Å². The molecule has 6 heteroatoms. The Hall–Kier alpha value is -2.37. The van der Waals surface area contributed by atoms with Crippen molar-refractivity contribution in [2.45, 2.75) is 393 Å². The minimum Gasteiger partial charge on any atom is -0.462 e. The van der Waals surface area contributed by atoms with Gasteiger partial charge in [-0.3, -0.25) is 14.4 Å². The topological polar surface area (TPSA) is 78.9 Å². The number of hydrogen-bond donors (Lipinski definition) is 0. The zero-order chi connectivity index (χ0) is 56.4. The van der Waals surface area contributed by atoms with Gasteiger partial charge >= 0.3 is 17.9 Å². The molecule has 0 heterocycles. The Labute approximate surface area is 486 Å². The first-order valence-electron chi connectivity index (χ1n) is 35.0. The SMILES string of the molecule is CCCCCC/C=C\C/C=C\CCCCCCCC(=O)OC(COC(=O)CCCCCCC/C=C\CCCCCCCCC)COC(=O)CCCCCCCCCCCCCCCCCCCCCCCCCCCCCC. The van der Waals surface area contributed by atoms with Crippen LogP contribution in [-0.4, -0.2) is 37.2 Å². The molecule has 0 aliphatic carbocycles. The Morgan fingerprint density at radius 1 is 0.256 bits per heavy atom. The normalized spacial score (nSPS) is 12.2. The van der Waals surface area contributed by atoms with Gasteiger partial charge in [-0.05, 0) is 77.0 Å². The van der Waals surface area contributed by atoms with Crippen LogP contribution in [0.1, 0.15) is 387 Å². The molecule has 0 radical (unpaired) electrons. The molecular weight excluding hydrogens is 961 g/mol. The van der Waals surface area contributed by atoms with Gasteiger partial charge in [0.2, 0.25) is 0 Å². The van der Waals surface area contributed by atoms with Crippen molar-refractivity contribution in [2.24, 2.45) is 0 Å². The van der Waals surface area contributed by atoms with Crippen molar-refractivity contribution in [2.75, 3.05) is 13.2 Å². The number of carbonyl (C=O) groups excluding carboxylic acids is 3. The molecule has 0 fully saturated rings. The van der Waals surface area contributed by atoms with Crippen molar-refractivity contribution in [1.29, 1.82) is 0 Å². The molecule has 0 saturated carbocycles. The Kier molecular flexibility index (Phi) is 65.1. The van der Waals surface area contributed by atoms with E-state index in [2.05, 4.69) is 57.2 Å². The average molecular weight is 1100 g/mol. The minimum atomic E-state index is -0.782. The van der Waals surface area contributed by atoms with Crippen LogP contribution in [0.3, 0.4) is 0 Å². The lowest BCUT2D eigenvalue weighted by Crippen LogP contribution is -2.30. The first-order chi connectivity index (χ1) is 38.5. The smallest absolute Gasteiger partial charge is 0.306 e. The molecule has 6 nitrogen and oxygen atoms in total. The molecule has 0 spiro atoms. The first kappa shape index (κ1) is 75.6. The second-order valence-corrected chi connectivity index (χ2v) is 23.8. The summed E-state index contributed by atoms with van der Waals surface area (Å²) in [5, 5.41) is 0. The largest absolute Gasteiger partial charge is 0.462 e. The van der Waals surface area contributed by atoms with Crippen molar-refractivity contribution in [1.82, 2.24) is 0 Å². The van der Waals surface area contributed by atoms with E-state index in [1.807, 2.05) is 0 Å². The van der Waals surface area contributed by atoms with Crippen molar-refractivity contribution in [3.8, 4) is 0 Å². The third-order valence-electron chi connectivity index (χ3n) is 15.9. The van der Waals surface area contributed by atoms with Gasteiger partial charge in [0.25, 0.3) is 0 Å². The van der Waals surface area contributed by atoms with Gasteiger partial charge in [-0.2, -0.15) is 0 Å². The Balaban J connectivity index is 4.22. The van der Waals surface area contributed by atoms with Crippen molar-refractivity contribution < 1.29 is 28.6 Å². The number of ether oxygens (including phenoxy) is 3. The Bertz CT molecular complexity index is 1300. The summed E-state index contributed by atoms with van der Waals surface area (Å²) in [5.41, 5.74) is 0. The molecule has 458 valence electrons. The summed E-state index contributed by atoms with van der Waals surface area (Å²) in [6.07, 6.45) is 83.2. The van der Waals surface area contributed by atoms with E-state index >= 15 is 0 Å². The molecule has 0 amide bonds. The van der Waals surface area contributed by atoms with Crippen LogP contribution in [0.5, 0.6) is 0 Å². The molecule has 0 bridgehead atoms. The maximum atomic E-state index is 12.9. The van der Waals surface area contributed by atoms with Gasteiger partial charge in [-0.25, -0.2) is 0 Å². The molecule has 1 unspecified atom stereocenters. The summed E-state index contributed by atoms with van der Waals surface area (Å²) in [7, 11) is 0. The third kappa shape index (κ3) is 64.5. The molecule has 0 aliphatic rings. The maximum absolute atomic E-state index is 12.9. The number of allylic oxidation sites excluding steroid dienone is 6. The molecule has 0 N–H and O–H groups in total. The van der Waals surface area contributed by atoms with E-state index in [9.17, 15) is 14.4 Å². The lowest BCUT2D eigenvalue weighted by molar-refractivity contribution is -0.167. The highest BCUT2D eigenvalue weighted by molar-refractivity contribution is 5.71. The van der Waals surface area contributed by atoms with E-state index < -0.39 is 6.10 Å². The van der Waals surface area contributed by atoms with Crippen LogP contribution in [0.25, 0.3) is 0 Å². The van der Waals surface area contributed by atoms with E-state index in [-0.39, 0.29) is 31.1 Å². The predicted octanol–water partition coefficient (Wildman–Crippen LogP) is 23.9. The average Bonchev–Trinajstić information content (AvgIpc) is 3.44. The van der Waals surface area contributed by atoms with Crippen LogP contribution in [0, 0.1) is 0 Å². The highest BCUT2D eigenvalue weighted by Gasteiger charge is 2.19. The van der Waals surface area contributed by atoms with Crippen molar-refractivity contribution >= 4 is 17.9 Å². The number of unbranched alkanes of at least 4 members (excludes halogenated alkanes) is 48. The number of esters is 3. The van der Waals surface area contributed by atoms with Crippen LogP contribution in [0.2, 0.25) is 0 Å². The van der Waals surface area contributed by atoms with Crippen LogP contribution in [0.4, 0.5) is 0 Å². The fraction of sp³-hybridized carbons (Fsp3) is 0.875. The summed E-state index contributed by atoms with van der Waals surface area (Å²) < 4.78 is 17.0. The second kappa shape index (κ2) is 67.1. The van der Waals surface area contributed by atoms with Crippen LogP contribution >= 0.6 is 0 Å².